The number of benzene rings is 1. The molecule has 0 spiro atoms. The fourth-order valence-corrected chi connectivity index (χ4v) is 2.53. The van der Waals surface area contributed by atoms with E-state index in [1.807, 2.05) is 6.92 Å². The molecule has 0 aliphatic carbocycles. The number of nitrogens with one attached hydrogen (secondary N) is 1. The topological polar surface area (TPSA) is 105 Å². The van der Waals surface area contributed by atoms with Crippen LogP contribution in [-0.2, 0) is 16.1 Å². The number of hydrogen-bond donors (Lipinski definition) is 2. The maximum absolute atomic E-state index is 12.2. The van der Waals surface area contributed by atoms with Crippen molar-refractivity contribution in [2.45, 2.75) is 13.5 Å². The van der Waals surface area contributed by atoms with Gasteiger partial charge in [-0.05, 0) is 25.1 Å². The predicted molar refractivity (Wildman–Crippen MR) is 87.2 cm³/mol. The van der Waals surface area contributed by atoms with Gasteiger partial charge in [-0.15, -0.1) is 0 Å². The molecule has 0 saturated carbocycles. The van der Waals surface area contributed by atoms with Crippen molar-refractivity contribution in [3.05, 3.63) is 46.7 Å². The molecule has 2 N–H and O–H groups in total. The SMILES string of the molecule is CCn1cnc2cc(NC3=CC(=O)N(CCO)C3=O)ccc2c1=O. The van der Waals surface area contributed by atoms with Gasteiger partial charge >= 0.3 is 0 Å². The van der Waals surface area contributed by atoms with Crippen LogP contribution in [0.1, 0.15) is 6.92 Å². The molecule has 0 atom stereocenters. The third-order valence-corrected chi connectivity index (χ3v) is 3.78. The molecule has 0 fully saturated rings. The second kappa shape index (κ2) is 6.25. The quantitative estimate of drug-likeness (QED) is 0.753. The third-order valence-electron chi connectivity index (χ3n) is 3.78. The molecule has 2 aromatic rings. The highest BCUT2D eigenvalue weighted by Crippen LogP contribution is 2.19. The van der Waals surface area contributed by atoms with Gasteiger partial charge in [-0.25, -0.2) is 4.98 Å². The molecule has 1 aliphatic heterocycles. The van der Waals surface area contributed by atoms with Gasteiger partial charge in [0.2, 0.25) is 0 Å². The minimum Gasteiger partial charge on any atom is -0.395 e. The van der Waals surface area contributed by atoms with Gasteiger partial charge in [-0.2, -0.15) is 0 Å². The summed E-state index contributed by atoms with van der Waals surface area (Å²) < 4.78 is 1.50. The lowest BCUT2D eigenvalue weighted by atomic mass is 10.2. The van der Waals surface area contributed by atoms with Gasteiger partial charge in [-0.3, -0.25) is 23.9 Å². The average Bonchev–Trinajstić information content (AvgIpc) is 2.83. The van der Waals surface area contributed by atoms with Crippen LogP contribution in [-0.4, -0.2) is 44.5 Å². The molecule has 3 rings (SSSR count). The smallest absolute Gasteiger partial charge is 0.277 e. The van der Waals surface area contributed by atoms with Crippen LogP contribution in [0.15, 0.2) is 41.1 Å². The lowest BCUT2D eigenvalue weighted by Crippen LogP contribution is -2.34. The van der Waals surface area contributed by atoms with Crippen LogP contribution in [0.3, 0.4) is 0 Å². The van der Waals surface area contributed by atoms with Crippen molar-refractivity contribution in [3.63, 3.8) is 0 Å². The number of aliphatic hydroxyl groups is 1. The number of carbonyl (C=O) groups is 2. The first-order chi connectivity index (χ1) is 11.5. The molecule has 0 saturated heterocycles. The summed E-state index contributed by atoms with van der Waals surface area (Å²) in [5, 5.41) is 12.2. The highest BCUT2D eigenvalue weighted by molar-refractivity contribution is 6.17. The van der Waals surface area contributed by atoms with Gasteiger partial charge in [0.15, 0.2) is 0 Å². The third kappa shape index (κ3) is 2.67. The van der Waals surface area contributed by atoms with Crippen LogP contribution < -0.4 is 10.9 Å². The van der Waals surface area contributed by atoms with E-state index in [1.54, 1.807) is 18.2 Å². The summed E-state index contributed by atoms with van der Waals surface area (Å²) in [5.74, 6) is -0.968. The molecular weight excluding hydrogens is 312 g/mol. The average molecular weight is 328 g/mol. The molecule has 2 amide bonds. The fraction of sp³-hybridized carbons (Fsp3) is 0.250. The summed E-state index contributed by atoms with van der Waals surface area (Å²) in [4.78, 5) is 41.2. The molecule has 0 radical (unpaired) electrons. The molecule has 2 heterocycles. The van der Waals surface area contributed by atoms with E-state index in [1.165, 1.54) is 17.0 Å². The van der Waals surface area contributed by atoms with E-state index in [0.29, 0.717) is 23.1 Å². The number of aryl methyl sites for hydroxylation is 1. The maximum Gasteiger partial charge on any atom is 0.277 e. The normalized spacial score (nSPS) is 14.4. The van der Waals surface area contributed by atoms with Crippen molar-refractivity contribution in [3.8, 4) is 0 Å². The molecule has 24 heavy (non-hydrogen) atoms. The monoisotopic (exact) mass is 328 g/mol. The van der Waals surface area contributed by atoms with E-state index >= 15 is 0 Å². The minimum atomic E-state index is -0.497. The van der Waals surface area contributed by atoms with Crippen molar-refractivity contribution in [1.29, 1.82) is 0 Å². The number of anilines is 1. The Hall–Kier alpha value is -3.00. The number of imide groups is 1. The minimum absolute atomic E-state index is 0.0464. The van der Waals surface area contributed by atoms with Crippen LogP contribution in [0.4, 0.5) is 5.69 Å². The van der Waals surface area contributed by atoms with E-state index in [9.17, 15) is 14.4 Å². The summed E-state index contributed by atoms with van der Waals surface area (Å²) in [6.07, 6.45) is 2.66. The molecule has 1 aromatic carbocycles. The first-order valence-corrected chi connectivity index (χ1v) is 7.49. The largest absolute Gasteiger partial charge is 0.395 e. The van der Waals surface area contributed by atoms with E-state index in [0.717, 1.165) is 4.90 Å². The number of rotatable bonds is 5. The van der Waals surface area contributed by atoms with Gasteiger partial charge < -0.3 is 10.4 Å². The van der Waals surface area contributed by atoms with Crippen molar-refractivity contribution < 1.29 is 14.7 Å². The zero-order chi connectivity index (χ0) is 17.3. The Kier molecular flexibility index (Phi) is 4.13. The van der Waals surface area contributed by atoms with Crippen LogP contribution in [0.2, 0.25) is 0 Å². The number of amides is 2. The highest BCUT2D eigenvalue weighted by Gasteiger charge is 2.30. The van der Waals surface area contributed by atoms with Crippen molar-refractivity contribution in [1.82, 2.24) is 14.5 Å². The van der Waals surface area contributed by atoms with Crippen molar-refractivity contribution >= 4 is 28.4 Å². The van der Waals surface area contributed by atoms with Crippen LogP contribution in [0.25, 0.3) is 10.9 Å². The Balaban J connectivity index is 1.89. The number of hydrogen-bond acceptors (Lipinski definition) is 6. The molecule has 0 bridgehead atoms. The standard InChI is InChI=1S/C16H16N4O4/c1-2-19-9-17-12-7-10(3-4-11(12)15(19)23)18-13-8-14(22)20(5-6-21)16(13)24/h3-4,7-9,18,21H,2,5-6H2,1H3. The molecule has 1 aromatic heterocycles. The van der Waals surface area contributed by atoms with E-state index in [2.05, 4.69) is 10.3 Å². The second-order valence-electron chi connectivity index (χ2n) is 5.27. The number of fused-ring (bicyclic) bond motifs is 1. The van der Waals surface area contributed by atoms with Crippen molar-refractivity contribution in [2.75, 3.05) is 18.5 Å². The summed E-state index contributed by atoms with van der Waals surface area (Å²) in [7, 11) is 0. The summed E-state index contributed by atoms with van der Waals surface area (Å²) in [6.45, 7) is 2.06. The molecular formula is C16H16N4O4. The lowest BCUT2D eigenvalue weighted by Gasteiger charge is -2.13. The Morgan fingerprint density at radius 3 is 2.75 bits per heavy atom. The molecule has 8 heteroatoms. The first-order valence-electron chi connectivity index (χ1n) is 7.49. The maximum atomic E-state index is 12.2. The predicted octanol–water partition coefficient (Wildman–Crippen LogP) is 0.0733. The van der Waals surface area contributed by atoms with Gasteiger partial charge in [-0.1, -0.05) is 0 Å². The van der Waals surface area contributed by atoms with Crippen LogP contribution >= 0.6 is 0 Å². The molecule has 124 valence electrons. The number of carbonyl (C=O) groups excluding carboxylic acids is 2. The summed E-state index contributed by atoms with van der Waals surface area (Å²) in [5.41, 5.74) is 1.03. The van der Waals surface area contributed by atoms with E-state index in [-0.39, 0.29) is 24.4 Å². The zero-order valence-electron chi connectivity index (χ0n) is 13.0. The second-order valence-corrected chi connectivity index (χ2v) is 5.27. The van der Waals surface area contributed by atoms with Crippen molar-refractivity contribution in [2.24, 2.45) is 0 Å². The van der Waals surface area contributed by atoms with E-state index in [4.69, 9.17) is 5.11 Å². The summed E-state index contributed by atoms with van der Waals surface area (Å²) in [6, 6.07) is 4.93. The molecule has 0 unspecified atom stereocenters. The Morgan fingerprint density at radius 2 is 2.04 bits per heavy atom. The Morgan fingerprint density at radius 1 is 1.25 bits per heavy atom. The number of nitrogens with zero attached hydrogens (tertiary/aromatic N) is 3. The zero-order valence-corrected chi connectivity index (χ0v) is 13.0. The Bertz CT molecular complexity index is 916. The van der Waals surface area contributed by atoms with E-state index < -0.39 is 11.8 Å². The number of aliphatic hydroxyl groups excluding tert-OH is 1. The Labute approximate surface area is 137 Å². The number of aromatic nitrogens is 2. The van der Waals surface area contributed by atoms with Crippen LogP contribution in [0, 0.1) is 0 Å². The van der Waals surface area contributed by atoms with Gasteiger partial charge in [0.1, 0.15) is 5.70 Å². The van der Waals surface area contributed by atoms with Gasteiger partial charge in [0.05, 0.1) is 30.4 Å². The lowest BCUT2D eigenvalue weighted by molar-refractivity contribution is -0.137. The number of β-amino-alcohol motifs (C(OH)–C–C–N with tert-alkyl or cyclic N) is 1. The van der Waals surface area contributed by atoms with Gasteiger partial charge in [0, 0.05) is 18.3 Å². The first kappa shape index (κ1) is 15.9. The molecule has 1 aliphatic rings. The molecule has 8 nitrogen and oxygen atoms in total. The van der Waals surface area contributed by atoms with Crippen LogP contribution in [0.5, 0.6) is 0 Å². The summed E-state index contributed by atoms with van der Waals surface area (Å²) >= 11 is 0. The highest BCUT2D eigenvalue weighted by atomic mass is 16.3. The van der Waals surface area contributed by atoms with Gasteiger partial charge in [0.25, 0.3) is 17.4 Å². The fourth-order valence-electron chi connectivity index (χ4n) is 2.53.